The number of aliphatic imine (C=N–C) groups is 4. The van der Waals surface area contributed by atoms with Crippen LogP contribution >= 0.6 is 11.6 Å². The van der Waals surface area contributed by atoms with Crippen LogP contribution in [-0.4, -0.2) is 53.2 Å². The first-order chi connectivity index (χ1) is 36.1. The number of ether oxygens (including phenoxy) is 1. The lowest BCUT2D eigenvalue weighted by atomic mass is 9.97. The molecule has 10 heterocycles. The monoisotopic (exact) mass is 987 g/mol. The molecule has 7 aromatic rings. The molecule has 74 heavy (non-hydrogen) atoms. The zero-order valence-electron chi connectivity index (χ0n) is 40.8. The molecule has 0 saturated heterocycles. The highest BCUT2D eigenvalue weighted by atomic mass is 35.5. The third-order valence-corrected chi connectivity index (χ3v) is 13.5. The molecular formula is C60H46ClN11O2. The number of fused-ring (bicyclic) bond motifs is 7. The molecule has 0 spiro atoms. The summed E-state index contributed by atoms with van der Waals surface area (Å²) in [5.74, 6) is 0.691. The zero-order valence-corrected chi connectivity index (χ0v) is 41.6. The van der Waals surface area contributed by atoms with E-state index in [1.165, 1.54) is 4.90 Å². The summed E-state index contributed by atoms with van der Waals surface area (Å²) in [6.07, 6.45) is 31.7. The molecular weight excluding hydrogens is 942 g/mol. The third kappa shape index (κ3) is 8.68. The summed E-state index contributed by atoms with van der Waals surface area (Å²) in [6, 6.07) is 27.5. The van der Waals surface area contributed by atoms with Gasteiger partial charge in [0, 0.05) is 71.5 Å². The van der Waals surface area contributed by atoms with Gasteiger partial charge in [0.25, 0.3) is 0 Å². The molecule has 12 rings (SSSR count). The number of aromatic nitrogens is 5. The number of benzene rings is 2. The Labute approximate surface area is 432 Å². The Morgan fingerprint density at radius 1 is 0.608 bits per heavy atom. The molecule has 8 bridgehead atoms. The number of halogens is 1. The lowest BCUT2D eigenvalue weighted by Gasteiger charge is -2.27. The Morgan fingerprint density at radius 2 is 1.14 bits per heavy atom. The highest BCUT2D eigenvalue weighted by Gasteiger charge is 2.27. The molecule has 0 atom stereocenters. The molecule has 0 saturated carbocycles. The van der Waals surface area contributed by atoms with Gasteiger partial charge in [-0.15, -0.1) is 23.6 Å². The summed E-state index contributed by atoms with van der Waals surface area (Å²) in [4.78, 5) is 32.3. The summed E-state index contributed by atoms with van der Waals surface area (Å²) in [6.45, 7) is 0.427. The summed E-state index contributed by atoms with van der Waals surface area (Å²) in [5.41, 5.74) is 15.5. The van der Waals surface area contributed by atoms with Crippen molar-refractivity contribution in [2.24, 2.45) is 41.1 Å². The van der Waals surface area contributed by atoms with Gasteiger partial charge in [-0.1, -0.05) is 29.8 Å². The normalized spacial score (nSPS) is 16.1. The van der Waals surface area contributed by atoms with Crippen LogP contribution in [0, 0.1) is 0 Å². The molecule has 5 aromatic heterocycles. The van der Waals surface area contributed by atoms with Gasteiger partial charge < -0.3 is 25.0 Å². The molecule has 360 valence electrons. The summed E-state index contributed by atoms with van der Waals surface area (Å²) >= 11 is 6.36. The van der Waals surface area contributed by atoms with Gasteiger partial charge in [-0.05, 0) is 123 Å². The summed E-state index contributed by atoms with van der Waals surface area (Å²) in [5, 5.41) is 20.9. The van der Waals surface area contributed by atoms with Crippen molar-refractivity contribution >= 4 is 79.0 Å². The fourth-order valence-electron chi connectivity index (χ4n) is 9.56. The number of hydrogen-bond acceptors (Lipinski definition) is 7. The van der Waals surface area contributed by atoms with Gasteiger partial charge in [-0.3, -0.25) is 4.99 Å². The number of nitrogens with zero attached hydrogens (tertiary/aromatic N) is 11. The Morgan fingerprint density at radius 3 is 1.69 bits per heavy atom. The van der Waals surface area contributed by atoms with Gasteiger partial charge in [0.05, 0.1) is 58.4 Å². The van der Waals surface area contributed by atoms with E-state index in [-0.39, 0.29) is 13.1 Å². The topological polar surface area (TPSA) is 138 Å². The van der Waals surface area contributed by atoms with Crippen LogP contribution in [0.25, 0.3) is 43.8 Å². The SMILES string of the molecule is COc1ccc2nc3cc(Cl)ccc3c([N-]CCN=C([O-])N3C=CC(=C4C5=NC(=C(c6cc[n+](C)cc6)C6=NC(=C(c7cc[n+](C)cc7)c7ccc([n-]7)C(c7cc[n+](C)cc7)=C7C=CC4=N7)C=C6)C=C5)C=C3)c2c1. The second-order valence-corrected chi connectivity index (χ2v) is 18.6. The van der Waals surface area contributed by atoms with Crippen molar-refractivity contribution in [3.8, 4) is 5.75 Å². The van der Waals surface area contributed by atoms with E-state index < -0.39 is 6.02 Å². The first-order valence-corrected chi connectivity index (χ1v) is 24.4. The second kappa shape index (κ2) is 19.0. The molecule has 5 aliphatic heterocycles. The number of amidine groups is 1. The Kier molecular flexibility index (Phi) is 11.8. The predicted octanol–water partition coefficient (Wildman–Crippen LogP) is 8.52. The molecule has 2 aromatic carbocycles. The highest BCUT2D eigenvalue weighted by molar-refractivity contribution is 6.36. The van der Waals surface area contributed by atoms with Gasteiger partial charge in [-0.2, -0.15) is 0 Å². The highest BCUT2D eigenvalue weighted by Crippen LogP contribution is 2.40. The van der Waals surface area contributed by atoms with E-state index in [9.17, 15) is 5.11 Å². The fraction of sp³-hybridized carbons (Fsp3) is 0.100. The lowest BCUT2D eigenvalue weighted by molar-refractivity contribution is -0.671. The van der Waals surface area contributed by atoms with E-state index in [2.05, 4.69) is 65.7 Å². The molecule has 13 nitrogen and oxygen atoms in total. The van der Waals surface area contributed by atoms with Crippen molar-refractivity contribution in [2.45, 2.75) is 0 Å². The minimum atomic E-state index is -0.425. The summed E-state index contributed by atoms with van der Waals surface area (Å²) < 4.78 is 11.6. The maximum absolute atomic E-state index is 13.7. The van der Waals surface area contributed by atoms with Crippen molar-refractivity contribution in [1.29, 1.82) is 0 Å². The average molecular weight is 989 g/mol. The van der Waals surface area contributed by atoms with E-state index in [4.69, 9.17) is 46.6 Å². The van der Waals surface area contributed by atoms with E-state index in [0.717, 1.165) is 106 Å². The molecule has 0 unspecified atom stereocenters. The van der Waals surface area contributed by atoms with Crippen molar-refractivity contribution in [2.75, 3.05) is 20.2 Å². The van der Waals surface area contributed by atoms with Crippen LogP contribution in [0.4, 0.5) is 5.69 Å². The van der Waals surface area contributed by atoms with Gasteiger partial charge in [0.1, 0.15) is 26.9 Å². The maximum Gasteiger partial charge on any atom is 0.169 e. The largest absolute Gasteiger partial charge is 0.846 e. The van der Waals surface area contributed by atoms with Crippen molar-refractivity contribution in [1.82, 2.24) is 14.9 Å². The number of rotatable bonds is 8. The molecule has 0 amide bonds. The van der Waals surface area contributed by atoms with Crippen LogP contribution < -0.4 is 28.5 Å². The maximum atomic E-state index is 13.7. The van der Waals surface area contributed by atoms with Gasteiger partial charge in [-0.25, -0.2) is 33.7 Å². The Hall–Kier alpha value is -9.33. The molecule has 0 aliphatic carbocycles. The predicted molar refractivity (Wildman–Crippen MR) is 289 cm³/mol. The van der Waals surface area contributed by atoms with E-state index in [1.54, 1.807) is 19.5 Å². The molecule has 5 aliphatic rings. The van der Waals surface area contributed by atoms with Crippen LogP contribution in [0.5, 0.6) is 5.75 Å². The number of hydrogen-bond donors (Lipinski definition) is 0. The van der Waals surface area contributed by atoms with Crippen LogP contribution in [-0.2, 0) is 21.1 Å². The van der Waals surface area contributed by atoms with Crippen molar-refractivity contribution in [3.63, 3.8) is 0 Å². The van der Waals surface area contributed by atoms with Crippen molar-refractivity contribution in [3.05, 3.63) is 250 Å². The van der Waals surface area contributed by atoms with Crippen LogP contribution in [0.1, 0.15) is 28.1 Å². The average Bonchev–Trinajstić information content (AvgIpc) is 4.28. The Balaban J connectivity index is 0.942. The molecule has 14 heteroatoms. The minimum absolute atomic E-state index is 0.162. The minimum Gasteiger partial charge on any atom is -0.846 e. The third-order valence-electron chi connectivity index (χ3n) is 13.3. The summed E-state index contributed by atoms with van der Waals surface area (Å²) in [7, 11) is 7.63. The van der Waals surface area contributed by atoms with Gasteiger partial charge in [0.2, 0.25) is 0 Å². The van der Waals surface area contributed by atoms with E-state index >= 15 is 0 Å². The van der Waals surface area contributed by atoms with Crippen molar-refractivity contribution < 1.29 is 23.5 Å². The molecule has 0 radical (unpaired) electrons. The smallest absolute Gasteiger partial charge is 0.169 e. The number of aryl methyl sites for hydroxylation is 3. The Bertz CT molecular complexity index is 3920. The van der Waals surface area contributed by atoms with E-state index in [1.807, 2.05) is 145 Å². The van der Waals surface area contributed by atoms with Crippen LogP contribution in [0.3, 0.4) is 0 Å². The van der Waals surface area contributed by atoms with Crippen LogP contribution in [0.2, 0.25) is 5.02 Å². The fourth-order valence-corrected chi connectivity index (χ4v) is 9.72. The zero-order chi connectivity index (χ0) is 50.5. The molecule has 0 fully saturated rings. The second-order valence-electron chi connectivity index (χ2n) is 18.2. The van der Waals surface area contributed by atoms with E-state index in [0.29, 0.717) is 22.2 Å². The standard InChI is InChI=1S/C60H46ClN11O2/c1-69-27-17-37(18-28-69)55-46-9-11-48(65-46)56(38-19-29-70(2)30-20-38)50-13-15-52(67-50)58(53-16-14-51(68-53)57(49-12-10-47(55)66-49)39-21-31-71(3)32-22-39)40-23-33-72(34-24-40)60(73)63-26-25-62-59-43-7-5-41(61)35-54(43)64-45-8-6-42(74-4)36-44(45)59/h5-24,27-36H,25-26H2,1-4H3. The van der Waals surface area contributed by atoms with Crippen LogP contribution in [0.15, 0.2) is 231 Å². The van der Waals surface area contributed by atoms with Gasteiger partial charge >= 0.3 is 0 Å². The lowest BCUT2D eigenvalue weighted by Crippen LogP contribution is -2.33. The number of methoxy groups -OCH3 is 1. The number of pyridine rings is 4. The first-order valence-electron chi connectivity index (χ1n) is 24.0. The number of allylic oxidation sites excluding steroid dienone is 11. The first kappa shape index (κ1) is 45.8. The quantitative estimate of drug-likeness (QED) is 0.0495. The van der Waals surface area contributed by atoms with Gasteiger partial charge in [0.15, 0.2) is 37.2 Å². The molecule has 0 N–H and O–H groups in total.